The number of hydrogen-bond acceptors (Lipinski definition) is 4. The van der Waals surface area contributed by atoms with E-state index in [1.54, 1.807) is 12.4 Å². The molecule has 2 N–H and O–H groups in total. The third-order valence-corrected chi connectivity index (χ3v) is 3.75. The Morgan fingerprint density at radius 1 is 1.32 bits per heavy atom. The molecule has 3 aromatic heterocycles. The van der Waals surface area contributed by atoms with E-state index >= 15 is 0 Å². The molecule has 3 heterocycles. The van der Waals surface area contributed by atoms with Crippen molar-refractivity contribution < 1.29 is 9.53 Å². The molecule has 0 saturated carbocycles. The van der Waals surface area contributed by atoms with Crippen molar-refractivity contribution in [2.24, 2.45) is 7.05 Å². The lowest BCUT2D eigenvalue weighted by atomic mass is 10.1. The molecule has 0 aliphatic carbocycles. The average Bonchev–Trinajstić information content (AvgIpc) is 3.10. The van der Waals surface area contributed by atoms with E-state index in [4.69, 9.17) is 4.74 Å². The van der Waals surface area contributed by atoms with Crippen molar-refractivity contribution in [1.29, 1.82) is 0 Å². The van der Waals surface area contributed by atoms with Crippen LogP contribution in [0.1, 0.15) is 26.5 Å². The number of nitrogens with zero attached hydrogens (tertiary/aromatic N) is 3. The van der Waals surface area contributed by atoms with Gasteiger partial charge in [0.25, 0.3) is 0 Å². The number of pyridine rings is 1. The molecule has 0 bridgehead atoms. The van der Waals surface area contributed by atoms with Crippen LogP contribution in [0.3, 0.4) is 0 Å². The summed E-state index contributed by atoms with van der Waals surface area (Å²) in [5, 5.41) is 8.04. The van der Waals surface area contributed by atoms with E-state index in [1.165, 1.54) is 0 Å². The molecule has 0 atom stereocenters. The first kappa shape index (κ1) is 17.0. The number of H-pyrrole nitrogens is 1. The lowest BCUT2D eigenvalue weighted by Crippen LogP contribution is -2.33. The quantitative estimate of drug-likeness (QED) is 0.764. The van der Waals surface area contributed by atoms with Gasteiger partial charge in [0.15, 0.2) is 0 Å². The molecule has 1 amide bonds. The molecule has 3 rings (SSSR count). The number of carbonyl (C=O) groups excluding carboxylic acids is 1. The minimum Gasteiger partial charge on any atom is -0.444 e. The van der Waals surface area contributed by atoms with Crippen LogP contribution in [0.15, 0.2) is 30.6 Å². The largest absolute Gasteiger partial charge is 0.444 e. The zero-order valence-corrected chi connectivity index (χ0v) is 15.0. The second-order valence-electron chi connectivity index (χ2n) is 6.93. The van der Waals surface area contributed by atoms with Crippen molar-refractivity contribution in [2.45, 2.75) is 32.8 Å². The highest BCUT2D eigenvalue weighted by Gasteiger charge is 2.16. The topological polar surface area (TPSA) is 84.8 Å². The highest BCUT2D eigenvalue weighted by Crippen LogP contribution is 2.27. The van der Waals surface area contributed by atoms with Crippen molar-refractivity contribution >= 4 is 17.1 Å². The zero-order chi connectivity index (χ0) is 18.0. The Morgan fingerprint density at radius 3 is 2.80 bits per heavy atom. The van der Waals surface area contributed by atoms with E-state index in [0.717, 1.165) is 28.0 Å². The van der Waals surface area contributed by atoms with Crippen molar-refractivity contribution in [3.8, 4) is 11.3 Å². The van der Waals surface area contributed by atoms with Crippen LogP contribution in [-0.4, -0.2) is 38.0 Å². The van der Waals surface area contributed by atoms with Gasteiger partial charge in [0.1, 0.15) is 11.2 Å². The van der Waals surface area contributed by atoms with Crippen LogP contribution in [-0.2, 0) is 18.2 Å². The number of amides is 1. The Kier molecular flexibility index (Phi) is 4.48. The summed E-state index contributed by atoms with van der Waals surface area (Å²) >= 11 is 0. The summed E-state index contributed by atoms with van der Waals surface area (Å²) in [6.07, 6.45) is 3.82. The first-order valence-corrected chi connectivity index (χ1v) is 8.25. The maximum atomic E-state index is 11.7. The second-order valence-corrected chi connectivity index (χ2v) is 6.93. The lowest BCUT2D eigenvalue weighted by Gasteiger charge is -2.19. The van der Waals surface area contributed by atoms with Gasteiger partial charge in [-0.2, -0.15) is 5.10 Å². The Labute approximate surface area is 146 Å². The third kappa shape index (κ3) is 3.99. The molecule has 25 heavy (non-hydrogen) atoms. The number of aryl methyl sites for hydroxylation is 1. The monoisotopic (exact) mass is 341 g/mol. The molecule has 0 aliphatic rings. The van der Waals surface area contributed by atoms with Gasteiger partial charge in [-0.05, 0) is 39.0 Å². The smallest absolute Gasteiger partial charge is 0.407 e. The highest BCUT2D eigenvalue weighted by molar-refractivity contribution is 5.92. The van der Waals surface area contributed by atoms with E-state index in [9.17, 15) is 4.79 Å². The summed E-state index contributed by atoms with van der Waals surface area (Å²) in [6.45, 7) is 6.02. The number of rotatable bonds is 4. The van der Waals surface area contributed by atoms with E-state index in [-0.39, 0.29) is 0 Å². The summed E-state index contributed by atoms with van der Waals surface area (Å²) in [4.78, 5) is 19.4. The molecule has 0 aliphatic heterocycles. The minimum atomic E-state index is -0.493. The Morgan fingerprint density at radius 2 is 2.12 bits per heavy atom. The minimum absolute atomic E-state index is 0.405. The fourth-order valence-corrected chi connectivity index (χ4v) is 2.69. The molecule has 7 heteroatoms. The summed E-state index contributed by atoms with van der Waals surface area (Å²) in [7, 11) is 1.92. The van der Waals surface area contributed by atoms with Gasteiger partial charge in [-0.15, -0.1) is 0 Å². The van der Waals surface area contributed by atoms with Gasteiger partial charge in [0.05, 0.1) is 5.69 Å². The predicted molar refractivity (Wildman–Crippen MR) is 96.2 cm³/mol. The van der Waals surface area contributed by atoms with E-state index in [2.05, 4.69) is 26.4 Å². The number of aromatic amines is 1. The maximum absolute atomic E-state index is 11.7. The average molecular weight is 341 g/mol. The van der Waals surface area contributed by atoms with Crippen molar-refractivity contribution in [3.05, 3.63) is 36.3 Å². The van der Waals surface area contributed by atoms with Crippen LogP contribution in [0, 0.1) is 0 Å². The molecule has 0 spiro atoms. The molecule has 0 unspecified atom stereocenters. The second kappa shape index (κ2) is 6.58. The Balaban J connectivity index is 1.72. The zero-order valence-electron chi connectivity index (χ0n) is 15.0. The van der Waals surface area contributed by atoms with Crippen molar-refractivity contribution in [3.63, 3.8) is 0 Å². The van der Waals surface area contributed by atoms with Gasteiger partial charge in [-0.25, -0.2) is 9.78 Å². The first-order valence-electron chi connectivity index (χ1n) is 8.25. The SMILES string of the molecule is Cn1nccc1-c1ccnc2[nH]c(CCNC(=O)OC(C)(C)C)cc12. The molecule has 3 aromatic rings. The van der Waals surface area contributed by atoms with Crippen molar-refractivity contribution in [1.82, 2.24) is 25.1 Å². The van der Waals surface area contributed by atoms with Gasteiger partial charge in [0, 0.05) is 49.1 Å². The molecular formula is C18H23N5O2. The van der Waals surface area contributed by atoms with Gasteiger partial charge >= 0.3 is 6.09 Å². The van der Waals surface area contributed by atoms with Crippen LogP contribution in [0.5, 0.6) is 0 Å². The normalized spacial score (nSPS) is 11.7. The summed E-state index contributed by atoms with van der Waals surface area (Å²) < 4.78 is 7.07. The van der Waals surface area contributed by atoms with Crippen LogP contribution < -0.4 is 5.32 Å². The molecule has 0 fully saturated rings. The first-order chi connectivity index (χ1) is 11.8. The number of nitrogens with one attached hydrogen (secondary N) is 2. The van der Waals surface area contributed by atoms with Gasteiger partial charge < -0.3 is 15.0 Å². The summed E-state index contributed by atoms with van der Waals surface area (Å²) in [5.74, 6) is 0. The lowest BCUT2D eigenvalue weighted by molar-refractivity contribution is 0.0528. The van der Waals surface area contributed by atoms with Gasteiger partial charge in [0.2, 0.25) is 0 Å². The standard InChI is InChI=1S/C18H23N5O2/c1-18(2,3)25-17(24)20-8-5-12-11-14-13(6-9-19-16(14)22-12)15-7-10-21-23(15)4/h6-7,9-11H,5,8H2,1-4H3,(H,19,22)(H,20,24). The van der Waals surface area contributed by atoms with Crippen LogP contribution in [0.4, 0.5) is 4.79 Å². The number of carbonyl (C=O) groups is 1. The molecule has 132 valence electrons. The van der Waals surface area contributed by atoms with Crippen LogP contribution in [0.25, 0.3) is 22.3 Å². The molecule has 0 aromatic carbocycles. The Bertz CT molecular complexity index is 888. The summed E-state index contributed by atoms with van der Waals surface area (Å²) in [6, 6.07) is 6.03. The molecular weight excluding hydrogens is 318 g/mol. The molecule has 0 saturated heterocycles. The number of alkyl carbamates (subject to hydrolysis) is 1. The summed E-state index contributed by atoms with van der Waals surface area (Å²) in [5.41, 5.74) is 3.45. The number of aromatic nitrogens is 4. The predicted octanol–water partition coefficient (Wildman–Crippen LogP) is 3.03. The van der Waals surface area contributed by atoms with Crippen LogP contribution >= 0.6 is 0 Å². The number of hydrogen-bond donors (Lipinski definition) is 2. The number of fused-ring (bicyclic) bond motifs is 1. The maximum Gasteiger partial charge on any atom is 0.407 e. The highest BCUT2D eigenvalue weighted by atomic mass is 16.6. The van der Waals surface area contributed by atoms with Gasteiger partial charge in [-0.3, -0.25) is 4.68 Å². The van der Waals surface area contributed by atoms with Crippen molar-refractivity contribution in [2.75, 3.05) is 6.54 Å². The molecule has 7 nitrogen and oxygen atoms in total. The van der Waals surface area contributed by atoms with E-state index in [0.29, 0.717) is 13.0 Å². The fraction of sp³-hybridized carbons (Fsp3) is 0.389. The van der Waals surface area contributed by atoms with Crippen LogP contribution in [0.2, 0.25) is 0 Å². The van der Waals surface area contributed by atoms with E-state index in [1.807, 2.05) is 44.6 Å². The Hall–Kier alpha value is -2.83. The fourth-order valence-electron chi connectivity index (χ4n) is 2.69. The van der Waals surface area contributed by atoms with E-state index < -0.39 is 11.7 Å². The van der Waals surface area contributed by atoms with Gasteiger partial charge in [-0.1, -0.05) is 0 Å². The third-order valence-electron chi connectivity index (χ3n) is 3.75. The molecule has 0 radical (unpaired) electrons. The number of ether oxygens (including phenoxy) is 1.